The first-order chi connectivity index (χ1) is 19.4. The van der Waals surface area contributed by atoms with E-state index in [1.54, 1.807) is 0 Å². The summed E-state index contributed by atoms with van der Waals surface area (Å²) in [5.41, 5.74) is 8.67. The molecule has 0 bridgehead atoms. The molecule has 210 valence electrons. The monoisotopic (exact) mass is 563 g/mol. The van der Waals surface area contributed by atoms with E-state index in [1.165, 1.54) is 5.57 Å². The number of nitrogens with zero attached hydrogens (tertiary/aromatic N) is 1. The van der Waals surface area contributed by atoms with Gasteiger partial charge >= 0.3 is 5.97 Å². The number of alkyl halides is 1. The zero-order valence-corrected chi connectivity index (χ0v) is 23.7. The van der Waals surface area contributed by atoms with E-state index in [0.717, 1.165) is 94.9 Å². The van der Waals surface area contributed by atoms with Crippen LogP contribution in [0.25, 0.3) is 11.1 Å². The van der Waals surface area contributed by atoms with Crippen molar-refractivity contribution in [3.8, 4) is 5.75 Å². The van der Waals surface area contributed by atoms with E-state index in [0.29, 0.717) is 6.42 Å². The second-order valence-corrected chi connectivity index (χ2v) is 11.2. The minimum atomic E-state index is -0.896. The molecule has 1 aliphatic carbocycles. The predicted octanol–water partition coefficient (Wildman–Crippen LogP) is 7.36. The van der Waals surface area contributed by atoms with Gasteiger partial charge < -0.3 is 4.74 Å². The molecule has 0 aromatic heterocycles. The molecule has 4 nitrogen and oxygen atoms in total. The minimum Gasteiger partial charge on any atom is -0.489 e. The maximum atomic E-state index is 12.6. The Bertz CT molecular complexity index is 1390. The number of benzene rings is 3. The first-order valence-corrected chi connectivity index (χ1v) is 14.4. The van der Waals surface area contributed by atoms with Gasteiger partial charge in [-0.3, -0.25) is 14.2 Å². The number of halogens is 2. The van der Waals surface area contributed by atoms with Crippen molar-refractivity contribution in [2.75, 3.05) is 26.3 Å². The maximum absolute atomic E-state index is 12.6. The van der Waals surface area contributed by atoms with Crippen LogP contribution in [0.3, 0.4) is 0 Å². The molecule has 1 aliphatic heterocycles. The predicted molar refractivity (Wildman–Crippen MR) is 157 cm³/mol. The van der Waals surface area contributed by atoms with Crippen LogP contribution in [0.4, 0.5) is 8.92 Å². The van der Waals surface area contributed by atoms with E-state index in [1.807, 2.05) is 30.3 Å². The first kappa shape index (κ1) is 28.4. The average molecular weight is 564 g/mol. The van der Waals surface area contributed by atoms with Gasteiger partial charge in [-0.2, -0.15) is 0 Å². The van der Waals surface area contributed by atoms with Gasteiger partial charge in [0.15, 0.2) is 0 Å². The van der Waals surface area contributed by atoms with Crippen molar-refractivity contribution in [2.45, 2.75) is 56.4 Å². The molecule has 5 rings (SSSR count). The topological polar surface area (TPSA) is 38.8 Å². The molecule has 3 aromatic carbocycles. The zero-order valence-electron chi connectivity index (χ0n) is 22.8. The van der Waals surface area contributed by atoms with E-state index in [-0.39, 0.29) is 19.2 Å². The SMILES string of the molecule is Cc1ccc(C2=C(c3ccc(OC4CCN(CCCF)C4)cc3)c3ccc(CC(=O)OF)cc3CCC2)c(S)c1. The highest BCUT2D eigenvalue weighted by molar-refractivity contribution is 7.80. The van der Waals surface area contributed by atoms with Crippen LogP contribution in [0.5, 0.6) is 5.75 Å². The Hall–Kier alpha value is -3.16. The normalized spacial score (nSPS) is 17.4. The summed E-state index contributed by atoms with van der Waals surface area (Å²) in [6.45, 7) is 4.31. The van der Waals surface area contributed by atoms with Crippen LogP contribution in [0.2, 0.25) is 0 Å². The summed E-state index contributed by atoms with van der Waals surface area (Å²) in [5.74, 6) is -0.0739. The maximum Gasteiger partial charge on any atom is 0.353 e. The number of aryl methyl sites for hydroxylation is 2. The lowest BCUT2D eigenvalue weighted by molar-refractivity contribution is -0.182. The quantitative estimate of drug-likeness (QED) is 0.276. The number of ether oxygens (including phenoxy) is 1. The summed E-state index contributed by atoms with van der Waals surface area (Å²) in [6.07, 6.45) is 4.16. The zero-order chi connectivity index (χ0) is 28.1. The Morgan fingerprint density at radius 2 is 1.85 bits per heavy atom. The molecule has 0 spiro atoms. The van der Waals surface area contributed by atoms with Crippen LogP contribution in [0.15, 0.2) is 65.6 Å². The lowest BCUT2D eigenvalue weighted by Gasteiger charge is -2.19. The van der Waals surface area contributed by atoms with Crippen molar-refractivity contribution in [1.82, 2.24) is 4.90 Å². The number of hydrogen-bond acceptors (Lipinski definition) is 5. The molecule has 2 aliphatic rings. The Kier molecular flexibility index (Phi) is 9.22. The Labute approximate surface area is 240 Å². The highest BCUT2D eigenvalue weighted by Crippen LogP contribution is 2.42. The van der Waals surface area contributed by atoms with E-state index in [4.69, 9.17) is 17.4 Å². The second kappa shape index (κ2) is 13.0. The highest BCUT2D eigenvalue weighted by Gasteiger charge is 2.25. The van der Waals surface area contributed by atoms with Crippen LogP contribution in [0, 0.1) is 6.92 Å². The van der Waals surface area contributed by atoms with Gasteiger partial charge in [0.25, 0.3) is 0 Å². The fourth-order valence-corrected chi connectivity index (χ4v) is 6.33. The lowest BCUT2D eigenvalue weighted by atomic mass is 9.87. The van der Waals surface area contributed by atoms with Crippen LogP contribution in [-0.2, 0) is 22.6 Å². The third-order valence-corrected chi connectivity index (χ3v) is 8.18. The van der Waals surface area contributed by atoms with Gasteiger partial charge in [-0.1, -0.05) is 42.5 Å². The van der Waals surface area contributed by atoms with Crippen molar-refractivity contribution < 1.29 is 23.4 Å². The number of fused-ring (bicyclic) bond motifs is 1. The summed E-state index contributed by atoms with van der Waals surface area (Å²) in [7, 11) is 0. The van der Waals surface area contributed by atoms with E-state index >= 15 is 0 Å². The van der Waals surface area contributed by atoms with Crippen molar-refractivity contribution in [2.24, 2.45) is 0 Å². The molecule has 3 aromatic rings. The van der Waals surface area contributed by atoms with Crippen molar-refractivity contribution in [3.05, 3.63) is 94.0 Å². The molecule has 1 unspecified atom stereocenters. The van der Waals surface area contributed by atoms with Crippen molar-refractivity contribution in [1.29, 1.82) is 0 Å². The number of carbonyl (C=O) groups excluding carboxylic acids is 1. The largest absolute Gasteiger partial charge is 0.489 e. The number of carbonyl (C=O) groups is 1. The van der Waals surface area contributed by atoms with Crippen molar-refractivity contribution in [3.63, 3.8) is 0 Å². The Morgan fingerprint density at radius 1 is 1.05 bits per heavy atom. The van der Waals surface area contributed by atoms with Crippen LogP contribution in [-0.4, -0.2) is 43.3 Å². The number of likely N-dealkylation sites (tertiary alicyclic amines) is 1. The number of allylic oxidation sites excluding steroid dienone is 1. The molecule has 0 N–H and O–H groups in total. The average Bonchev–Trinajstić information content (AvgIpc) is 3.31. The van der Waals surface area contributed by atoms with Crippen LogP contribution >= 0.6 is 12.6 Å². The number of thiol groups is 1. The third kappa shape index (κ3) is 6.58. The molecule has 1 saturated heterocycles. The van der Waals surface area contributed by atoms with E-state index in [9.17, 15) is 13.7 Å². The van der Waals surface area contributed by atoms with Crippen LogP contribution < -0.4 is 4.74 Å². The smallest absolute Gasteiger partial charge is 0.353 e. The fourth-order valence-electron chi connectivity index (χ4n) is 5.91. The van der Waals surface area contributed by atoms with Crippen molar-refractivity contribution >= 4 is 29.7 Å². The molecule has 1 heterocycles. The Morgan fingerprint density at radius 3 is 2.60 bits per heavy atom. The first-order valence-electron chi connectivity index (χ1n) is 14.0. The van der Waals surface area contributed by atoms with Gasteiger partial charge in [-0.15, -0.1) is 12.6 Å². The van der Waals surface area contributed by atoms with Gasteiger partial charge in [-0.05, 0) is 102 Å². The summed E-state index contributed by atoms with van der Waals surface area (Å²) in [4.78, 5) is 18.2. The van der Waals surface area contributed by atoms with Gasteiger partial charge in [0.1, 0.15) is 11.9 Å². The number of hydrogen-bond donors (Lipinski definition) is 1. The summed E-state index contributed by atoms with van der Waals surface area (Å²) >= 11 is 4.84. The fraction of sp³-hybridized carbons (Fsp3) is 0.364. The van der Waals surface area contributed by atoms with E-state index < -0.39 is 5.97 Å². The molecular formula is C33H35F2NO3S. The van der Waals surface area contributed by atoms with Gasteiger partial charge in [0.05, 0.1) is 13.1 Å². The second-order valence-electron chi connectivity index (χ2n) is 10.7. The van der Waals surface area contributed by atoms with Gasteiger partial charge in [0.2, 0.25) is 0 Å². The molecular weight excluding hydrogens is 528 g/mol. The summed E-state index contributed by atoms with van der Waals surface area (Å²) in [6, 6.07) is 20.5. The lowest BCUT2D eigenvalue weighted by Crippen LogP contribution is -2.26. The molecule has 0 radical (unpaired) electrons. The van der Waals surface area contributed by atoms with Crippen LogP contribution in [0.1, 0.15) is 59.1 Å². The molecule has 1 fully saturated rings. The molecule has 40 heavy (non-hydrogen) atoms. The third-order valence-electron chi connectivity index (χ3n) is 7.81. The minimum absolute atomic E-state index is 0.104. The summed E-state index contributed by atoms with van der Waals surface area (Å²) in [5, 5.41) is 0. The highest BCUT2D eigenvalue weighted by atomic mass is 32.1. The molecule has 7 heteroatoms. The summed E-state index contributed by atoms with van der Waals surface area (Å²) < 4.78 is 31.3. The molecule has 1 atom stereocenters. The molecule has 0 saturated carbocycles. The van der Waals surface area contributed by atoms with Gasteiger partial charge in [-0.25, -0.2) is 4.79 Å². The van der Waals surface area contributed by atoms with E-state index in [2.05, 4.69) is 47.1 Å². The Balaban J connectivity index is 1.50. The standard InChI is InChI=1S/C33H35F2NO3S/c1-22-6-12-29(31(40)18-22)30-5-2-4-25-19-23(20-32(37)39-35)7-13-28(25)33(30)24-8-10-26(11-9-24)38-27-14-17-36(21-27)16-3-15-34/h6-13,18-19,27,40H,2-5,14-17,20-21H2,1H3. The number of rotatable bonds is 9. The van der Waals surface area contributed by atoms with Gasteiger partial charge in [0, 0.05) is 29.1 Å². The molecule has 0 amide bonds.